The molecule has 0 saturated carbocycles. The zero-order chi connectivity index (χ0) is 23.6. The first-order valence-electron chi connectivity index (χ1n) is 11.7. The van der Waals surface area contributed by atoms with Crippen molar-refractivity contribution in [2.45, 2.75) is 31.9 Å². The van der Waals surface area contributed by atoms with Crippen molar-refractivity contribution >= 4 is 17.5 Å². The molecule has 1 N–H and O–H groups in total. The van der Waals surface area contributed by atoms with Gasteiger partial charge in [-0.1, -0.05) is 60.7 Å². The van der Waals surface area contributed by atoms with Gasteiger partial charge in [-0.3, -0.25) is 9.59 Å². The predicted octanol–water partition coefficient (Wildman–Crippen LogP) is 4.14. The van der Waals surface area contributed by atoms with Gasteiger partial charge in [-0.15, -0.1) is 0 Å². The molecule has 1 fully saturated rings. The van der Waals surface area contributed by atoms with Crippen molar-refractivity contribution in [1.82, 2.24) is 5.32 Å². The van der Waals surface area contributed by atoms with Gasteiger partial charge in [0.2, 0.25) is 5.91 Å². The molecule has 2 amide bonds. The Morgan fingerprint density at radius 1 is 0.912 bits per heavy atom. The third kappa shape index (κ3) is 6.93. The van der Waals surface area contributed by atoms with Crippen molar-refractivity contribution in [3.05, 3.63) is 96.1 Å². The number of carbonyl (C=O) groups excluding carboxylic acids is 2. The number of amides is 2. The second-order valence-electron chi connectivity index (χ2n) is 8.35. The standard InChI is InChI=1S/C28H30N2O4/c31-27(29-19-26-12-7-17-33-26)18-22-13-15-24(16-14-22)30(20-23-8-3-1-4-9-23)28(32)21-34-25-10-5-2-6-11-25/h1-6,8-11,13-16,26H,7,12,17-21H2,(H,29,31)/t26-/m0/s1. The van der Waals surface area contributed by atoms with E-state index in [0.717, 1.165) is 36.3 Å². The van der Waals surface area contributed by atoms with Gasteiger partial charge in [0.15, 0.2) is 6.61 Å². The molecular formula is C28H30N2O4. The Morgan fingerprint density at radius 3 is 2.29 bits per heavy atom. The summed E-state index contributed by atoms with van der Waals surface area (Å²) < 4.78 is 11.3. The second kappa shape index (κ2) is 12.0. The summed E-state index contributed by atoms with van der Waals surface area (Å²) in [6.45, 7) is 1.69. The molecule has 3 aromatic carbocycles. The normalized spacial score (nSPS) is 15.0. The van der Waals surface area contributed by atoms with Crippen LogP contribution in [0.4, 0.5) is 5.69 Å². The number of hydrogen-bond acceptors (Lipinski definition) is 4. The number of para-hydroxylation sites is 1. The molecule has 1 aliphatic rings. The second-order valence-corrected chi connectivity index (χ2v) is 8.35. The van der Waals surface area contributed by atoms with Gasteiger partial charge in [-0.25, -0.2) is 0 Å². The molecule has 6 nitrogen and oxygen atoms in total. The maximum atomic E-state index is 13.1. The van der Waals surface area contributed by atoms with E-state index < -0.39 is 0 Å². The third-order valence-corrected chi connectivity index (χ3v) is 5.75. The average Bonchev–Trinajstić information content (AvgIpc) is 3.40. The molecule has 6 heteroatoms. The van der Waals surface area contributed by atoms with Crippen molar-refractivity contribution in [3.8, 4) is 5.75 Å². The summed E-state index contributed by atoms with van der Waals surface area (Å²) in [5.74, 6) is 0.478. The summed E-state index contributed by atoms with van der Waals surface area (Å²) in [6.07, 6.45) is 2.46. The minimum absolute atomic E-state index is 0.0308. The molecule has 0 spiro atoms. The van der Waals surface area contributed by atoms with Crippen molar-refractivity contribution in [2.75, 3.05) is 24.7 Å². The first-order valence-corrected chi connectivity index (χ1v) is 11.7. The van der Waals surface area contributed by atoms with Gasteiger partial charge in [0.05, 0.1) is 19.1 Å². The molecule has 4 rings (SSSR count). The van der Waals surface area contributed by atoms with Crippen molar-refractivity contribution < 1.29 is 19.1 Å². The summed E-state index contributed by atoms with van der Waals surface area (Å²) in [6, 6.07) is 26.7. The van der Waals surface area contributed by atoms with Crippen LogP contribution in [0.3, 0.4) is 0 Å². The van der Waals surface area contributed by atoms with E-state index in [1.54, 1.807) is 4.90 Å². The molecule has 0 unspecified atom stereocenters. The van der Waals surface area contributed by atoms with E-state index in [2.05, 4.69) is 5.32 Å². The van der Waals surface area contributed by atoms with E-state index in [9.17, 15) is 9.59 Å². The van der Waals surface area contributed by atoms with Crippen LogP contribution in [-0.4, -0.2) is 37.7 Å². The van der Waals surface area contributed by atoms with Gasteiger partial charge in [0.25, 0.3) is 5.91 Å². The summed E-state index contributed by atoms with van der Waals surface area (Å²) in [5, 5.41) is 2.95. The van der Waals surface area contributed by atoms with Crippen LogP contribution in [0, 0.1) is 0 Å². The lowest BCUT2D eigenvalue weighted by Crippen LogP contribution is -2.34. The predicted molar refractivity (Wildman–Crippen MR) is 132 cm³/mol. The van der Waals surface area contributed by atoms with Crippen LogP contribution in [-0.2, 0) is 27.3 Å². The minimum atomic E-state index is -0.144. The summed E-state index contributed by atoms with van der Waals surface area (Å²) in [4.78, 5) is 27.1. The van der Waals surface area contributed by atoms with Crippen LogP contribution in [0.2, 0.25) is 0 Å². The Bertz CT molecular complexity index is 1050. The highest BCUT2D eigenvalue weighted by Crippen LogP contribution is 2.20. The van der Waals surface area contributed by atoms with E-state index in [0.29, 0.717) is 18.8 Å². The Balaban J connectivity index is 1.40. The average molecular weight is 459 g/mol. The number of anilines is 1. The van der Waals surface area contributed by atoms with Crippen LogP contribution in [0.1, 0.15) is 24.0 Å². The maximum absolute atomic E-state index is 13.1. The molecular weight excluding hydrogens is 428 g/mol. The van der Waals surface area contributed by atoms with Gasteiger partial charge in [-0.05, 0) is 48.2 Å². The van der Waals surface area contributed by atoms with Crippen LogP contribution >= 0.6 is 0 Å². The third-order valence-electron chi connectivity index (χ3n) is 5.75. The lowest BCUT2D eigenvalue weighted by molar-refractivity contribution is -0.121. The highest BCUT2D eigenvalue weighted by Gasteiger charge is 2.18. The number of rotatable bonds is 10. The molecule has 1 atom stereocenters. The van der Waals surface area contributed by atoms with Crippen LogP contribution in [0.15, 0.2) is 84.9 Å². The zero-order valence-electron chi connectivity index (χ0n) is 19.2. The summed E-state index contributed by atoms with van der Waals surface area (Å²) >= 11 is 0. The number of hydrogen-bond donors (Lipinski definition) is 1. The van der Waals surface area contributed by atoms with Gasteiger partial charge < -0.3 is 19.7 Å². The fourth-order valence-corrected chi connectivity index (χ4v) is 3.90. The number of ether oxygens (including phenoxy) is 2. The molecule has 1 saturated heterocycles. The highest BCUT2D eigenvalue weighted by atomic mass is 16.5. The highest BCUT2D eigenvalue weighted by molar-refractivity contribution is 5.94. The van der Waals surface area contributed by atoms with E-state index >= 15 is 0 Å². The van der Waals surface area contributed by atoms with E-state index in [1.165, 1.54) is 0 Å². The van der Waals surface area contributed by atoms with E-state index in [1.807, 2.05) is 84.9 Å². The van der Waals surface area contributed by atoms with E-state index in [4.69, 9.17) is 9.47 Å². The molecule has 0 bridgehead atoms. The van der Waals surface area contributed by atoms with Gasteiger partial charge in [0.1, 0.15) is 5.75 Å². The molecule has 34 heavy (non-hydrogen) atoms. The fraction of sp³-hybridized carbons (Fsp3) is 0.286. The minimum Gasteiger partial charge on any atom is -0.484 e. The number of benzene rings is 3. The lowest BCUT2D eigenvalue weighted by Gasteiger charge is -2.23. The topological polar surface area (TPSA) is 67.9 Å². The molecule has 0 aliphatic carbocycles. The summed E-state index contributed by atoms with van der Waals surface area (Å²) in [5.41, 5.74) is 2.67. The quantitative estimate of drug-likeness (QED) is 0.496. The van der Waals surface area contributed by atoms with E-state index in [-0.39, 0.29) is 30.9 Å². The number of nitrogens with one attached hydrogen (secondary N) is 1. The fourth-order valence-electron chi connectivity index (χ4n) is 3.90. The molecule has 0 aromatic heterocycles. The van der Waals surface area contributed by atoms with Gasteiger partial charge in [-0.2, -0.15) is 0 Å². The smallest absolute Gasteiger partial charge is 0.265 e. The Hall–Kier alpha value is -3.64. The van der Waals surface area contributed by atoms with Crippen molar-refractivity contribution in [3.63, 3.8) is 0 Å². The van der Waals surface area contributed by atoms with Crippen LogP contribution in [0.25, 0.3) is 0 Å². The molecule has 3 aromatic rings. The number of nitrogens with zero attached hydrogens (tertiary/aromatic N) is 1. The molecule has 1 aliphatic heterocycles. The lowest BCUT2D eigenvalue weighted by atomic mass is 10.1. The molecule has 1 heterocycles. The monoisotopic (exact) mass is 458 g/mol. The van der Waals surface area contributed by atoms with Crippen molar-refractivity contribution in [1.29, 1.82) is 0 Å². The molecule has 0 radical (unpaired) electrons. The largest absolute Gasteiger partial charge is 0.484 e. The van der Waals surface area contributed by atoms with Crippen molar-refractivity contribution in [2.24, 2.45) is 0 Å². The van der Waals surface area contributed by atoms with Crippen LogP contribution < -0.4 is 15.0 Å². The SMILES string of the molecule is O=C(Cc1ccc(N(Cc2ccccc2)C(=O)COc2ccccc2)cc1)NC[C@@H]1CCCO1. The zero-order valence-corrected chi connectivity index (χ0v) is 19.2. The number of carbonyl (C=O) groups is 2. The first kappa shape index (κ1) is 23.5. The van der Waals surface area contributed by atoms with Gasteiger partial charge >= 0.3 is 0 Å². The maximum Gasteiger partial charge on any atom is 0.265 e. The van der Waals surface area contributed by atoms with Gasteiger partial charge in [0, 0.05) is 18.8 Å². The Morgan fingerprint density at radius 2 is 1.62 bits per heavy atom. The Labute approximate surface area is 200 Å². The molecule has 176 valence electrons. The van der Waals surface area contributed by atoms with Crippen LogP contribution in [0.5, 0.6) is 5.75 Å². The first-order chi connectivity index (χ1) is 16.7. The summed E-state index contributed by atoms with van der Waals surface area (Å²) in [7, 11) is 0. The Kier molecular flexibility index (Phi) is 8.30.